The van der Waals surface area contributed by atoms with Crippen LogP contribution < -0.4 is 4.90 Å². The van der Waals surface area contributed by atoms with Crippen LogP contribution in [-0.4, -0.2) is 4.57 Å². The number of fused-ring (bicyclic) bond motifs is 11. The first-order valence-corrected chi connectivity index (χ1v) is 21.1. The molecule has 12 aromatic rings. The average Bonchev–Trinajstić information content (AvgIpc) is 4.08. The molecular weight excluding hydrogens is 777 g/mol. The Kier molecular flexibility index (Phi) is 5.60. The molecule has 64 heavy (non-hydrogen) atoms. The molecule has 2 heterocycles. The summed E-state index contributed by atoms with van der Waals surface area (Å²) in [5.74, 6) is 0. The summed E-state index contributed by atoms with van der Waals surface area (Å²) in [5, 5.41) is 1.24. The van der Waals surface area contributed by atoms with E-state index in [4.69, 9.17) is 15.4 Å². The Labute approximate surface area is 390 Å². The molecular formula is C61H42N2O. The fourth-order valence-corrected chi connectivity index (χ4v) is 9.78. The van der Waals surface area contributed by atoms with E-state index < -0.39 is 89.5 Å². The largest absolute Gasteiger partial charge is 0.455 e. The highest BCUT2D eigenvalue weighted by atomic mass is 16.3. The monoisotopic (exact) mass is 831 g/mol. The summed E-state index contributed by atoms with van der Waals surface area (Å²) in [6, 6.07) is 39.0. The highest BCUT2D eigenvalue weighted by Gasteiger charge is 2.35. The lowest BCUT2D eigenvalue weighted by molar-refractivity contribution is 0.660. The minimum atomic E-state index is -0.680. The maximum atomic E-state index is 9.90. The molecule has 0 saturated carbocycles. The van der Waals surface area contributed by atoms with Crippen molar-refractivity contribution in [1.29, 1.82) is 0 Å². The molecule has 0 amide bonds. The molecule has 0 atom stereocenters. The molecule has 2 aromatic heterocycles. The van der Waals surface area contributed by atoms with Crippen molar-refractivity contribution in [3.8, 4) is 39.1 Å². The number of benzene rings is 10. The predicted molar refractivity (Wildman–Crippen MR) is 269 cm³/mol. The Bertz CT molecular complexity index is 4520. The number of hydrogen-bond acceptors (Lipinski definition) is 2. The fraction of sp³-hybridized carbons (Fsp3) is 0.0492. The number of rotatable bonds is 6. The zero-order valence-electron chi connectivity index (χ0n) is 47.6. The van der Waals surface area contributed by atoms with Crippen LogP contribution in [-0.2, 0) is 5.41 Å². The summed E-state index contributed by atoms with van der Waals surface area (Å²) >= 11 is 0. The van der Waals surface area contributed by atoms with Gasteiger partial charge in [0.2, 0.25) is 0 Å². The van der Waals surface area contributed by atoms with E-state index in [2.05, 4.69) is 66.9 Å². The van der Waals surface area contributed by atoms with Crippen molar-refractivity contribution in [2.24, 2.45) is 0 Å². The van der Waals surface area contributed by atoms with Crippen molar-refractivity contribution in [2.45, 2.75) is 19.3 Å². The van der Waals surface area contributed by atoms with Crippen molar-refractivity contribution in [2.75, 3.05) is 4.90 Å². The summed E-state index contributed by atoms with van der Waals surface area (Å²) in [5.41, 5.74) is 8.19. The van der Waals surface area contributed by atoms with E-state index in [0.717, 1.165) is 60.9 Å². The topological polar surface area (TPSA) is 21.3 Å². The van der Waals surface area contributed by atoms with E-state index in [0.29, 0.717) is 11.4 Å². The molecule has 1 aliphatic rings. The highest BCUT2D eigenvalue weighted by molar-refractivity contribution is 6.17. The van der Waals surface area contributed by atoms with Crippen LogP contribution in [0.3, 0.4) is 0 Å². The number of furan rings is 1. The maximum Gasteiger partial charge on any atom is 0.143 e. The van der Waals surface area contributed by atoms with Gasteiger partial charge < -0.3 is 13.9 Å². The van der Waals surface area contributed by atoms with Crippen molar-refractivity contribution in [1.82, 2.24) is 4.57 Å². The smallest absolute Gasteiger partial charge is 0.143 e. The van der Waals surface area contributed by atoms with Crippen LogP contribution in [0.25, 0.3) is 93.6 Å². The summed E-state index contributed by atoms with van der Waals surface area (Å²) in [7, 11) is 0. The number of aromatic nitrogens is 1. The highest BCUT2D eigenvalue weighted by Crippen LogP contribution is 2.51. The first-order chi connectivity index (χ1) is 36.9. The number of hydrogen-bond donors (Lipinski definition) is 0. The van der Waals surface area contributed by atoms with E-state index in [-0.39, 0.29) is 44.0 Å². The van der Waals surface area contributed by atoms with Gasteiger partial charge in [-0.15, -0.1) is 0 Å². The average molecular weight is 832 g/mol. The van der Waals surface area contributed by atoms with Gasteiger partial charge in [-0.05, 0) is 99.4 Å². The van der Waals surface area contributed by atoms with E-state index in [1.165, 1.54) is 0 Å². The van der Waals surface area contributed by atoms with Crippen LogP contribution in [0.4, 0.5) is 17.1 Å². The van der Waals surface area contributed by atoms with Crippen molar-refractivity contribution < 1.29 is 22.2 Å². The normalized spacial score (nSPS) is 15.8. The third kappa shape index (κ3) is 5.41. The van der Waals surface area contributed by atoms with Gasteiger partial charge in [-0.25, -0.2) is 0 Å². The standard InChI is InChI=1S/C61H42N2O/c1-61(2)54-22-9-5-17-48(54)49-37-35-44(38-55(49)61)62(43-33-28-41(29-34-43)47-20-13-21-52-53-36-30-39-14-3-4-16-46(39)60(53)64-59(47)52)42-31-26-40(27-32-42)45-15-6-10-23-56(45)63-57-24-11-7-18-50(57)51-19-8-12-25-58(51)63/h3-38H,1-2H3/i3D,4D,13D,14D,16D,20D,21D,28D,29D,30D,33D,34D,36D. The molecule has 0 bridgehead atoms. The van der Waals surface area contributed by atoms with Crippen LogP contribution in [0.2, 0.25) is 0 Å². The van der Waals surface area contributed by atoms with E-state index in [9.17, 15) is 6.85 Å². The van der Waals surface area contributed by atoms with Crippen LogP contribution in [0.5, 0.6) is 0 Å². The molecule has 3 nitrogen and oxygen atoms in total. The maximum absolute atomic E-state index is 9.90. The molecule has 0 saturated heterocycles. The van der Waals surface area contributed by atoms with E-state index >= 15 is 0 Å². The zero-order chi connectivity index (χ0) is 53.8. The molecule has 0 radical (unpaired) electrons. The molecule has 13 rings (SSSR count). The number of para-hydroxylation sites is 4. The van der Waals surface area contributed by atoms with Gasteiger partial charge in [0, 0.05) is 60.5 Å². The molecule has 3 heteroatoms. The lowest BCUT2D eigenvalue weighted by Gasteiger charge is -2.28. The Hall–Kier alpha value is -8.14. The summed E-state index contributed by atoms with van der Waals surface area (Å²) in [6.45, 7) is 4.29. The summed E-state index contributed by atoms with van der Waals surface area (Å²) in [4.78, 5) is 1.70. The molecule has 302 valence electrons. The van der Waals surface area contributed by atoms with Gasteiger partial charge in [-0.1, -0.05) is 171 Å². The van der Waals surface area contributed by atoms with Gasteiger partial charge in [0.25, 0.3) is 0 Å². The van der Waals surface area contributed by atoms with Crippen molar-refractivity contribution in [3.63, 3.8) is 0 Å². The third-order valence-electron chi connectivity index (χ3n) is 12.8. The minimum absolute atomic E-state index is 0.111. The Morgan fingerprint density at radius 3 is 1.88 bits per heavy atom. The van der Waals surface area contributed by atoms with Gasteiger partial charge in [-0.3, -0.25) is 0 Å². The Balaban J connectivity index is 1.03. The summed E-state index contributed by atoms with van der Waals surface area (Å²) < 4.78 is 128. The lowest BCUT2D eigenvalue weighted by atomic mass is 9.82. The molecule has 0 N–H and O–H groups in total. The van der Waals surface area contributed by atoms with Crippen LogP contribution in [0.15, 0.2) is 222 Å². The predicted octanol–water partition coefficient (Wildman–Crippen LogP) is 16.9. The van der Waals surface area contributed by atoms with Crippen molar-refractivity contribution in [3.05, 3.63) is 229 Å². The molecule has 0 spiro atoms. The number of anilines is 3. The Morgan fingerprint density at radius 1 is 0.438 bits per heavy atom. The van der Waals surface area contributed by atoms with Gasteiger partial charge in [-0.2, -0.15) is 0 Å². The first kappa shape index (κ1) is 25.7. The SMILES string of the molecule is [2H]c1c([2H])c(N(c2ccc(-c3ccccc3-n3c4ccccc4c4ccccc43)cc2)c2ccc3c(c2)C(C)(C)c2ccccc2-3)c([2H])c([2H])c1-c1c([2H])c([2H])c([2H])c2c1oc1c3c([2H])c([2H])c([2H])c([2H])c3c([2H])c([2H])c12. The Morgan fingerprint density at radius 2 is 1.08 bits per heavy atom. The molecule has 0 unspecified atom stereocenters. The second-order valence-electron chi connectivity index (χ2n) is 16.7. The second kappa shape index (κ2) is 13.9. The van der Waals surface area contributed by atoms with E-state index in [1.54, 1.807) is 4.90 Å². The van der Waals surface area contributed by atoms with Crippen LogP contribution in [0.1, 0.15) is 42.8 Å². The van der Waals surface area contributed by atoms with Gasteiger partial charge in [0.05, 0.1) is 34.5 Å². The first-order valence-electron chi connectivity index (χ1n) is 27.6. The van der Waals surface area contributed by atoms with Crippen LogP contribution >= 0.6 is 0 Å². The van der Waals surface area contributed by atoms with E-state index in [1.807, 2.05) is 91.0 Å². The molecule has 0 aliphatic heterocycles. The zero-order valence-corrected chi connectivity index (χ0v) is 34.6. The minimum Gasteiger partial charge on any atom is -0.455 e. The lowest BCUT2D eigenvalue weighted by Crippen LogP contribution is -2.16. The molecule has 10 aromatic carbocycles. The van der Waals surface area contributed by atoms with Gasteiger partial charge >= 0.3 is 0 Å². The van der Waals surface area contributed by atoms with Gasteiger partial charge in [0.1, 0.15) is 11.2 Å². The fourth-order valence-electron chi connectivity index (χ4n) is 9.78. The van der Waals surface area contributed by atoms with Gasteiger partial charge in [0.15, 0.2) is 0 Å². The quantitative estimate of drug-likeness (QED) is 0.166. The molecule has 1 aliphatic carbocycles. The van der Waals surface area contributed by atoms with Crippen molar-refractivity contribution >= 4 is 71.6 Å². The number of nitrogens with zero attached hydrogens (tertiary/aromatic N) is 2. The van der Waals surface area contributed by atoms with Crippen LogP contribution in [0, 0.1) is 0 Å². The summed E-state index contributed by atoms with van der Waals surface area (Å²) in [6.07, 6.45) is 0. The second-order valence-corrected chi connectivity index (χ2v) is 16.7. The third-order valence-corrected chi connectivity index (χ3v) is 12.8. The molecule has 0 fully saturated rings.